The predicted molar refractivity (Wildman–Crippen MR) is 58.9 cm³/mol. The summed E-state index contributed by atoms with van der Waals surface area (Å²) in [5.41, 5.74) is 2.21. The van der Waals surface area contributed by atoms with Gasteiger partial charge in [-0.15, -0.1) is 0 Å². The first-order valence-electron chi connectivity index (χ1n) is 5.46. The third-order valence-corrected chi connectivity index (χ3v) is 2.23. The molecule has 77 valence electrons. The lowest BCUT2D eigenvalue weighted by molar-refractivity contribution is 0.758. The third kappa shape index (κ3) is 3.86. The third-order valence-electron chi connectivity index (χ3n) is 2.23. The topological polar surface area (TPSA) is 25.8 Å². The molecule has 0 aliphatic carbocycles. The van der Waals surface area contributed by atoms with Crippen molar-refractivity contribution < 1.29 is 0 Å². The Labute approximate surface area is 86.8 Å². The molecular formula is C12H19N2. The molecule has 0 saturated heterocycles. The van der Waals surface area contributed by atoms with Gasteiger partial charge in [0.25, 0.3) is 0 Å². The van der Waals surface area contributed by atoms with Crippen LogP contribution in [0.15, 0.2) is 12.4 Å². The average Bonchev–Trinajstić information content (AvgIpc) is 2.25. The molecule has 1 aromatic rings. The molecule has 14 heavy (non-hydrogen) atoms. The molecule has 0 aliphatic rings. The maximum atomic E-state index is 4.39. The summed E-state index contributed by atoms with van der Waals surface area (Å²) in [6, 6.07) is 0. The van der Waals surface area contributed by atoms with Crippen molar-refractivity contribution in [1.82, 2.24) is 9.97 Å². The van der Waals surface area contributed by atoms with E-state index in [0.717, 1.165) is 37.1 Å². The Kier molecular flexibility index (Phi) is 5.20. The second kappa shape index (κ2) is 6.52. The Morgan fingerprint density at radius 3 is 2.07 bits per heavy atom. The van der Waals surface area contributed by atoms with Crippen molar-refractivity contribution in [3.05, 3.63) is 30.7 Å². The van der Waals surface area contributed by atoms with Crippen LogP contribution in [0, 0.1) is 6.92 Å². The van der Waals surface area contributed by atoms with Crippen LogP contribution in [0.3, 0.4) is 0 Å². The molecule has 0 amide bonds. The summed E-state index contributed by atoms with van der Waals surface area (Å²) in [5, 5.41) is 0. The van der Waals surface area contributed by atoms with E-state index < -0.39 is 0 Å². The van der Waals surface area contributed by atoms with E-state index in [4.69, 9.17) is 0 Å². The van der Waals surface area contributed by atoms with E-state index in [1.54, 1.807) is 0 Å². The van der Waals surface area contributed by atoms with Crippen LogP contribution in [0.5, 0.6) is 0 Å². The van der Waals surface area contributed by atoms with E-state index in [9.17, 15) is 0 Å². The summed E-state index contributed by atoms with van der Waals surface area (Å²) in [6.45, 7) is 6.00. The van der Waals surface area contributed by atoms with Crippen LogP contribution in [0.4, 0.5) is 0 Å². The molecule has 1 aromatic heterocycles. The lowest BCUT2D eigenvalue weighted by Gasteiger charge is -2.01. The smallest absolute Gasteiger partial charge is 0.0586 e. The first kappa shape index (κ1) is 11.2. The number of rotatable bonds is 6. The Morgan fingerprint density at radius 2 is 1.64 bits per heavy atom. The number of nitrogens with zero attached hydrogens (tertiary/aromatic N) is 2. The molecule has 0 aromatic carbocycles. The minimum absolute atomic E-state index is 0.971. The zero-order valence-electron chi connectivity index (χ0n) is 9.00. The van der Waals surface area contributed by atoms with Gasteiger partial charge in [0.05, 0.1) is 11.4 Å². The molecule has 1 heterocycles. The highest BCUT2D eigenvalue weighted by atomic mass is 14.8. The summed E-state index contributed by atoms with van der Waals surface area (Å²) >= 11 is 0. The van der Waals surface area contributed by atoms with Gasteiger partial charge in [0.2, 0.25) is 0 Å². The zero-order valence-corrected chi connectivity index (χ0v) is 9.00. The second-order valence-electron chi connectivity index (χ2n) is 3.56. The van der Waals surface area contributed by atoms with Crippen molar-refractivity contribution >= 4 is 0 Å². The molecule has 0 unspecified atom stereocenters. The summed E-state index contributed by atoms with van der Waals surface area (Å²) in [5.74, 6) is 0. The average molecular weight is 191 g/mol. The summed E-state index contributed by atoms with van der Waals surface area (Å²) in [4.78, 5) is 8.77. The molecule has 1 rings (SSSR count). The molecule has 0 fully saturated rings. The lowest BCUT2D eigenvalue weighted by atomic mass is 10.2. The molecule has 0 N–H and O–H groups in total. The predicted octanol–water partition coefficient (Wildman–Crippen LogP) is 2.98. The quantitative estimate of drug-likeness (QED) is 0.691. The standard InChI is InChI=1S/C12H19N2/c1-3-5-7-11-9-14-12(10-13-11)8-6-4-2/h9-10H,1,3-8H2,2H3. The van der Waals surface area contributed by atoms with Gasteiger partial charge in [-0.1, -0.05) is 26.7 Å². The van der Waals surface area contributed by atoms with Gasteiger partial charge in [-0.2, -0.15) is 0 Å². The fraction of sp³-hybridized carbons (Fsp3) is 0.583. The second-order valence-corrected chi connectivity index (χ2v) is 3.56. The monoisotopic (exact) mass is 191 g/mol. The van der Waals surface area contributed by atoms with Gasteiger partial charge in [-0.25, -0.2) is 0 Å². The highest BCUT2D eigenvalue weighted by Crippen LogP contribution is 2.03. The largest absolute Gasteiger partial charge is 0.258 e. The van der Waals surface area contributed by atoms with E-state index in [1.165, 1.54) is 12.8 Å². The fourth-order valence-corrected chi connectivity index (χ4v) is 1.30. The Morgan fingerprint density at radius 1 is 1.07 bits per heavy atom. The summed E-state index contributed by atoms with van der Waals surface area (Å²) < 4.78 is 0. The van der Waals surface area contributed by atoms with Gasteiger partial charge in [0.1, 0.15) is 0 Å². The van der Waals surface area contributed by atoms with E-state index in [-0.39, 0.29) is 0 Å². The van der Waals surface area contributed by atoms with E-state index in [0.29, 0.717) is 0 Å². The molecule has 1 radical (unpaired) electrons. The lowest BCUT2D eigenvalue weighted by Crippen LogP contribution is -1.96. The molecule has 0 saturated carbocycles. The summed E-state index contributed by atoms with van der Waals surface area (Å²) in [6.07, 6.45) is 10.4. The van der Waals surface area contributed by atoms with Gasteiger partial charge < -0.3 is 0 Å². The van der Waals surface area contributed by atoms with Crippen molar-refractivity contribution in [2.75, 3.05) is 0 Å². The van der Waals surface area contributed by atoms with Crippen molar-refractivity contribution in [3.8, 4) is 0 Å². The van der Waals surface area contributed by atoms with Crippen molar-refractivity contribution in [3.63, 3.8) is 0 Å². The summed E-state index contributed by atoms with van der Waals surface area (Å²) in [7, 11) is 0. The van der Waals surface area contributed by atoms with Gasteiger partial charge in [0, 0.05) is 12.4 Å². The highest BCUT2D eigenvalue weighted by molar-refractivity contribution is 5.02. The van der Waals surface area contributed by atoms with E-state index in [2.05, 4.69) is 23.8 Å². The number of hydrogen-bond acceptors (Lipinski definition) is 2. The van der Waals surface area contributed by atoms with Gasteiger partial charge in [0.15, 0.2) is 0 Å². The number of aryl methyl sites for hydroxylation is 2. The van der Waals surface area contributed by atoms with Crippen molar-refractivity contribution in [1.29, 1.82) is 0 Å². The van der Waals surface area contributed by atoms with Crippen molar-refractivity contribution in [2.24, 2.45) is 0 Å². The molecule has 0 spiro atoms. The van der Waals surface area contributed by atoms with Crippen LogP contribution in [0.2, 0.25) is 0 Å². The van der Waals surface area contributed by atoms with Crippen molar-refractivity contribution in [2.45, 2.75) is 45.4 Å². The molecule has 0 aliphatic heterocycles. The number of aromatic nitrogens is 2. The fourth-order valence-electron chi connectivity index (χ4n) is 1.30. The van der Waals surface area contributed by atoms with Gasteiger partial charge >= 0.3 is 0 Å². The molecule has 2 nitrogen and oxygen atoms in total. The van der Waals surface area contributed by atoms with Gasteiger partial charge in [-0.3, -0.25) is 9.97 Å². The van der Waals surface area contributed by atoms with Gasteiger partial charge in [-0.05, 0) is 25.7 Å². The molecular weight excluding hydrogens is 172 g/mol. The Balaban J connectivity index is 2.42. The van der Waals surface area contributed by atoms with Crippen LogP contribution in [-0.2, 0) is 12.8 Å². The van der Waals surface area contributed by atoms with Crippen LogP contribution in [0.25, 0.3) is 0 Å². The normalized spacial score (nSPS) is 10.4. The minimum Gasteiger partial charge on any atom is -0.258 e. The van der Waals surface area contributed by atoms with E-state index in [1.807, 2.05) is 12.4 Å². The maximum Gasteiger partial charge on any atom is 0.0586 e. The Bertz CT molecular complexity index is 214. The minimum atomic E-state index is 0.971. The first-order chi connectivity index (χ1) is 6.86. The van der Waals surface area contributed by atoms with E-state index >= 15 is 0 Å². The molecule has 2 heteroatoms. The zero-order chi connectivity index (χ0) is 10.2. The molecule has 0 atom stereocenters. The first-order valence-corrected chi connectivity index (χ1v) is 5.46. The van der Waals surface area contributed by atoms with Crippen LogP contribution >= 0.6 is 0 Å². The van der Waals surface area contributed by atoms with Crippen LogP contribution < -0.4 is 0 Å². The number of hydrogen-bond donors (Lipinski definition) is 0. The Hall–Kier alpha value is -0.920. The maximum absolute atomic E-state index is 4.39. The highest BCUT2D eigenvalue weighted by Gasteiger charge is 1.97. The van der Waals surface area contributed by atoms with Crippen LogP contribution in [-0.4, -0.2) is 9.97 Å². The SMILES string of the molecule is [CH2]CCCc1cnc(CCCC)cn1. The molecule has 0 bridgehead atoms. The number of unbranched alkanes of at least 4 members (excludes halogenated alkanes) is 2. The van der Waals surface area contributed by atoms with Crippen LogP contribution in [0.1, 0.15) is 44.0 Å².